The van der Waals surface area contributed by atoms with E-state index in [1.807, 2.05) is 18.3 Å². The molecule has 0 amide bonds. The molecule has 3 heterocycles. The minimum atomic E-state index is -0.0252. The topological polar surface area (TPSA) is 62.8 Å². The molecule has 1 atom stereocenters. The van der Waals surface area contributed by atoms with Crippen LogP contribution in [0.5, 0.6) is 5.75 Å². The van der Waals surface area contributed by atoms with Crippen LogP contribution in [0.1, 0.15) is 11.6 Å². The van der Waals surface area contributed by atoms with Gasteiger partial charge >= 0.3 is 0 Å². The Morgan fingerprint density at radius 2 is 2.14 bits per heavy atom. The molecular formula is C14H10Cl2N4O. The fourth-order valence-corrected chi connectivity index (χ4v) is 2.87. The van der Waals surface area contributed by atoms with Gasteiger partial charge in [-0.3, -0.25) is 0 Å². The number of anilines is 1. The maximum atomic E-state index is 6.17. The maximum absolute atomic E-state index is 6.17. The fourth-order valence-electron chi connectivity index (χ4n) is 2.50. The molecule has 0 fully saturated rings. The summed E-state index contributed by atoms with van der Waals surface area (Å²) < 4.78 is 5.66. The number of fused-ring (bicyclic) bond motifs is 2. The highest BCUT2D eigenvalue weighted by Gasteiger charge is 2.28. The monoisotopic (exact) mass is 320 g/mol. The molecule has 1 unspecified atom stereocenters. The lowest BCUT2D eigenvalue weighted by Crippen LogP contribution is -2.13. The Morgan fingerprint density at radius 1 is 1.24 bits per heavy atom. The SMILES string of the molecule is Clc1ccc2c(c1Cl)OCC2Nc1ncnc2[nH]ccc12. The molecule has 21 heavy (non-hydrogen) atoms. The fraction of sp³-hybridized carbons (Fsp3) is 0.143. The smallest absolute Gasteiger partial charge is 0.144 e. The molecule has 7 heteroatoms. The van der Waals surface area contributed by atoms with Gasteiger partial charge in [-0.15, -0.1) is 0 Å². The van der Waals surface area contributed by atoms with Gasteiger partial charge in [-0.2, -0.15) is 0 Å². The average Bonchev–Trinajstić information content (AvgIpc) is 3.11. The lowest BCUT2D eigenvalue weighted by atomic mass is 10.1. The number of halogens is 2. The van der Waals surface area contributed by atoms with Crippen LogP contribution in [-0.4, -0.2) is 21.6 Å². The Hall–Kier alpha value is -1.98. The molecule has 0 saturated heterocycles. The van der Waals surface area contributed by atoms with E-state index in [1.54, 1.807) is 6.07 Å². The van der Waals surface area contributed by atoms with Crippen LogP contribution in [0.2, 0.25) is 10.0 Å². The number of aromatic nitrogens is 3. The van der Waals surface area contributed by atoms with E-state index in [2.05, 4.69) is 20.3 Å². The van der Waals surface area contributed by atoms with Crippen LogP contribution in [0.25, 0.3) is 11.0 Å². The zero-order chi connectivity index (χ0) is 14.4. The van der Waals surface area contributed by atoms with E-state index in [-0.39, 0.29) is 6.04 Å². The number of ether oxygens (including phenoxy) is 1. The molecule has 1 aliphatic heterocycles. The summed E-state index contributed by atoms with van der Waals surface area (Å²) in [5.74, 6) is 1.40. The molecule has 106 valence electrons. The summed E-state index contributed by atoms with van der Waals surface area (Å²) in [6, 6.07) is 5.60. The van der Waals surface area contributed by atoms with Crippen LogP contribution in [0.4, 0.5) is 5.82 Å². The first-order valence-corrected chi connectivity index (χ1v) is 7.15. The molecule has 0 saturated carbocycles. The molecule has 3 aromatic rings. The third-order valence-corrected chi connectivity index (χ3v) is 4.30. The van der Waals surface area contributed by atoms with Crippen molar-refractivity contribution in [1.82, 2.24) is 15.0 Å². The van der Waals surface area contributed by atoms with Crippen LogP contribution in [0, 0.1) is 0 Å². The predicted octanol–water partition coefficient (Wildman–Crippen LogP) is 3.81. The lowest BCUT2D eigenvalue weighted by molar-refractivity contribution is 0.340. The van der Waals surface area contributed by atoms with Gasteiger partial charge in [0.05, 0.1) is 16.5 Å². The minimum Gasteiger partial charge on any atom is -0.489 e. The Morgan fingerprint density at radius 3 is 3.05 bits per heavy atom. The van der Waals surface area contributed by atoms with Gasteiger partial charge in [0.1, 0.15) is 35.2 Å². The Bertz CT molecular complexity index is 833. The first-order chi connectivity index (χ1) is 10.2. The summed E-state index contributed by atoms with van der Waals surface area (Å²) in [4.78, 5) is 11.5. The number of nitrogens with one attached hydrogen (secondary N) is 2. The molecule has 2 aromatic heterocycles. The number of hydrogen-bond donors (Lipinski definition) is 2. The number of hydrogen-bond acceptors (Lipinski definition) is 4. The van der Waals surface area contributed by atoms with Crippen LogP contribution in [-0.2, 0) is 0 Å². The van der Waals surface area contributed by atoms with E-state index < -0.39 is 0 Å². The van der Waals surface area contributed by atoms with Crippen LogP contribution < -0.4 is 10.1 Å². The summed E-state index contributed by atoms with van der Waals surface area (Å²) in [6.45, 7) is 0.477. The van der Waals surface area contributed by atoms with Crippen molar-refractivity contribution in [2.24, 2.45) is 0 Å². The van der Waals surface area contributed by atoms with Crippen LogP contribution >= 0.6 is 23.2 Å². The van der Waals surface area contributed by atoms with E-state index in [4.69, 9.17) is 27.9 Å². The molecule has 2 N–H and O–H groups in total. The van der Waals surface area contributed by atoms with Gasteiger partial charge in [0.25, 0.3) is 0 Å². The van der Waals surface area contributed by atoms with Crippen molar-refractivity contribution in [2.45, 2.75) is 6.04 Å². The standard InChI is InChI=1S/C14H10Cl2N4O/c15-9-2-1-7-10(5-21-12(7)11(9)16)20-14-8-3-4-17-13(8)18-6-19-14/h1-4,6,10H,5H2,(H2,17,18,19,20). The van der Waals surface area contributed by atoms with Gasteiger partial charge < -0.3 is 15.0 Å². The Labute approximate surface area is 130 Å². The predicted molar refractivity (Wildman–Crippen MR) is 82.2 cm³/mol. The third kappa shape index (κ3) is 2.01. The lowest BCUT2D eigenvalue weighted by Gasteiger charge is -2.13. The molecule has 0 spiro atoms. The van der Waals surface area contributed by atoms with E-state index in [0.29, 0.717) is 22.4 Å². The van der Waals surface area contributed by atoms with Crippen molar-refractivity contribution < 1.29 is 4.74 Å². The second-order valence-electron chi connectivity index (χ2n) is 4.75. The summed E-state index contributed by atoms with van der Waals surface area (Å²) in [5.41, 5.74) is 1.77. The molecular weight excluding hydrogens is 311 g/mol. The van der Waals surface area contributed by atoms with E-state index in [0.717, 1.165) is 22.4 Å². The molecule has 0 radical (unpaired) electrons. The molecule has 0 aliphatic carbocycles. The van der Waals surface area contributed by atoms with Gasteiger partial charge in [0.2, 0.25) is 0 Å². The van der Waals surface area contributed by atoms with Crippen molar-refractivity contribution in [1.29, 1.82) is 0 Å². The summed E-state index contributed by atoms with van der Waals surface area (Å²) in [5, 5.41) is 5.25. The van der Waals surface area contributed by atoms with E-state index in [1.165, 1.54) is 6.33 Å². The van der Waals surface area contributed by atoms with Gasteiger partial charge in [-0.25, -0.2) is 9.97 Å². The second kappa shape index (κ2) is 4.79. The molecule has 5 nitrogen and oxygen atoms in total. The van der Waals surface area contributed by atoms with Crippen LogP contribution in [0.15, 0.2) is 30.7 Å². The highest BCUT2D eigenvalue weighted by Crippen LogP contribution is 2.43. The third-order valence-electron chi connectivity index (χ3n) is 3.52. The van der Waals surface area contributed by atoms with Gasteiger partial charge in [0.15, 0.2) is 0 Å². The number of H-pyrrole nitrogens is 1. The quantitative estimate of drug-likeness (QED) is 0.753. The zero-order valence-electron chi connectivity index (χ0n) is 10.7. The Kier molecular flexibility index (Phi) is 2.90. The number of rotatable bonds is 2. The molecule has 0 bridgehead atoms. The molecule has 1 aromatic carbocycles. The van der Waals surface area contributed by atoms with Crippen molar-refractivity contribution in [3.05, 3.63) is 46.3 Å². The van der Waals surface area contributed by atoms with E-state index >= 15 is 0 Å². The highest BCUT2D eigenvalue weighted by atomic mass is 35.5. The number of nitrogens with zero attached hydrogens (tertiary/aromatic N) is 2. The highest BCUT2D eigenvalue weighted by molar-refractivity contribution is 6.43. The average molecular weight is 321 g/mol. The maximum Gasteiger partial charge on any atom is 0.144 e. The van der Waals surface area contributed by atoms with Gasteiger partial charge in [0, 0.05) is 11.8 Å². The van der Waals surface area contributed by atoms with Gasteiger partial charge in [-0.1, -0.05) is 29.3 Å². The van der Waals surface area contributed by atoms with Crippen molar-refractivity contribution in [3.63, 3.8) is 0 Å². The number of benzene rings is 1. The summed E-state index contributed by atoms with van der Waals surface area (Å²) in [6.07, 6.45) is 3.35. The van der Waals surface area contributed by atoms with Crippen molar-refractivity contribution >= 4 is 40.1 Å². The zero-order valence-corrected chi connectivity index (χ0v) is 12.2. The summed E-state index contributed by atoms with van der Waals surface area (Å²) >= 11 is 12.2. The first-order valence-electron chi connectivity index (χ1n) is 6.39. The first kappa shape index (κ1) is 12.7. The second-order valence-corrected chi connectivity index (χ2v) is 5.54. The summed E-state index contributed by atoms with van der Waals surface area (Å²) in [7, 11) is 0. The Balaban J connectivity index is 1.72. The van der Waals surface area contributed by atoms with Gasteiger partial charge in [-0.05, 0) is 12.1 Å². The largest absolute Gasteiger partial charge is 0.489 e. The normalized spacial score (nSPS) is 16.8. The molecule has 1 aliphatic rings. The molecule has 4 rings (SSSR count). The number of aromatic amines is 1. The van der Waals surface area contributed by atoms with Crippen molar-refractivity contribution in [2.75, 3.05) is 11.9 Å². The van der Waals surface area contributed by atoms with Crippen LogP contribution in [0.3, 0.4) is 0 Å². The minimum absolute atomic E-state index is 0.0252. The van der Waals surface area contributed by atoms with Crippen molar-refractivity contribution in [3.8, 4) is 5.75 Å². The van der Waals surface area contributed by atoms with E-state index in [9.17, 15) is 0 Å².